The van der Waals surface area contributed by atoms with Crippen molar-refractivity contribution in [1.82, 2.24) is 4.31 Å². The molecular weight excluding hydrogens is 334 g/mol. The number of esters is 1. The number of sulfonamides is 1. The van der Waals surface area contributed by atoms with Crippen molar-refractivity contribution in [3.05, 3.63) is 12.7 Å². The summed E-state index contributed by atoms with van der Waals surface area (Å²) in [6.07, 6.45) is 1.03. The first-order valence-corrected chi connectivity index (χ1v) is 13.3. The van der Waals surface area contributed by atoms with Crippen LogP contribution >= 0.6 is 0 Å². The molecule has 1 aliphatic rings. The third kappa shape index (κ3) is 5.41. The summed E-state index contributed by atoms with van der Waals surface area (Å²) < 4.78 is 31.5. The molecule has 0 aliphatic carbocycles. The van der Waals surface area contributed by atoms with Crippen LogP contribution in [0.3, 0.4) is 0 Å². The minimum atomic E-state index is -3.62. The SMILES string of the molecule is C=CCC1CN(S(=O)(=O)CC[Si](C)(C)C)C(C(=O)OCC)C1O. The Morgan fingerprint density at radius 2 is 2.04 bits per heavy atom. The topological polar surface area (TPSA) is 83.9 Å². The van der Waals surface area contributed by atoms with E-state index in [0.717, 1.165) is 4.31 Å². The van der Waals surface area contributed by atoms with Gasteiger partial charge in [0.05, 0.1) is 18.5 Å². The van der Waals surface area contributed by atoms with Gasteiger partial charge in [-0.3, -0.25) is 4.79 Å². The van der Waals surface area contributed by atoms with Crippen LogP contribution in [0.4, 0.5) is 0 Å². The number of rotatable bonds is 8. The minimum Gasteiger partial charge on any atom is -0.465 e. The van der Waals surface area contributed by atoms with Gasteiger partial charge in [-0.15, -0.1) is 6.58 Å². The molecule has 0 aromatic carbocycles. The van der Waals surface area contributed by atoms with E-state index in [1.807, 2.05) is 0 Å². The summed E-state index contributed by atoms with van der Waals surface area (Å²) in [4.78, 5) is 12.2. The number of aliphatic hydroxyl groups is 1. The van der Waals surface area contributed by atoms with Gasteiger partial charge in [-0.2, -0.15) is 4.31 Å². The number of hydrogen-bond donors (Lipinski definition) is 1. The van der Waals surface area contributed by atoms with Crippen LogP contribution in [-0.2, 0) is 19.6 Å². The zero-order valence-corrected chi connectivity index (χ0v) is 16.3. The van der Waals surface area contributed by atoms with E-state index in [1.165, 1.54) is 0 Å². The summed E-state index contributed by atoms with van der Waals surface area (Å²) in [5, 5.41) is 10.4. The number of allylic oxidation sites excluding steroid dienone is 1. The molecule has 6 nitrogen and oxygen atoms in total. The molecule has 0 spiro atoms. The molecule has 1 heterocycles. The summed E-state index contributed by atoms with van der Waals surface area (Å²) in [7, 11) is -5.15. The summed E-state index contributed by atoms with van der Waals surface area (Å²) >= 11 is 0. The molecule has 0 bridgehead atoms. The predicted octanol–water partition coefficient (Wildman–Crippen LogP) is 1.45. The summed E-state index contributed by atoms with van der Waals surface area (Å²) in [5.74, 6) is -1.00. The summed E-state index contributed by atoms with van der Waals surface area (Å²) in [6, 6.07) is -0.532. The lowest BCUT2D eigenvalue weighted by molar-refractivity contribution is -0.149. The lowest BCUT2D eigenvalue weighted by Crippen LogP contribution is -2.47. The Morgan fingerprint density at radius 3 is 2.52 bits per heavy atom. The zero-order chi connectivity index (χ0) is 17.8. The van der Waals surface area contributed by atoms with Crippen molar-refractivity contribution in [1.29, 1.82) is 0 Å². The van der Waals surface area contributed by atoms with Gasteiger partial charge in [0.15, 0.2) is 0 Å². The second kappa shape index (κ2) is 7.91. The number of aliphatic hydroxyl groups excluding tert-OH is 1. The highest BCUT2D eigenvalue weighted by Crippen LogP contribution is 2.31. The van der Waals surface area contributed by atoms with Crippen LogP contribution in [0.5, 0.6) is 0 Å². The van der Waals surface area contributed by atoms with E-state index in [1.54, 1.807) is 13.0 Å². The highest BCUT2D eigenvalue weighted by Gasteiger charge is 2.50. The molecule has 3 unspecified atom stereocenters. The molecule has 0 saturated carbocycles. The minimum absolute atomic E-state index is 0.00611. The van der Waals surface area contributed by atoms with E-state index >= 15 is 0 Å². The Hall–Kier alpha value is -0.703. The van der Waals surface area contributed by atoms with Gasteiger partial charge in [-0.1, -0.05) is 25.7 Å². The highest BCUT2D eigenvalue weighted by molar-refractivity contribution is 7.89. The van der Waals surface area contributed by atoms with Gasteiger partial charge in [0.2, 0.25) is 10.0 Å². The molecule has 3 atom stereocenters. The van der Waals surface area contributed by atoms with Gasteiger partial charge in [0, 0.05) is 20.5 Å². The van der Waals surface area contributed by atoms with E-state index in [2.05, 4.69) is 26.2 Å². The van der Waals surface area contributed by atoms with Gasteiger partial charge < -0.3 is 9.84 Å². The van der Waals surface area contributed by atoms with Gasteiger partial charge in [-0.25, -0.2) is 8.42 Å². The number of nitrogens with zero attached hydrogens (tertiary/aromatic N) is 1. The Balaban J connectivity index is 3.03. The van der Waals surface area contributed by atoms with E-state index in [0.29, 0.717) is 12.5 Å². The van der Waals surface area contributed by atoms with Crippen molar-refractivity contribution in [2.45, 2.75) is 51.2 Å². The van der Waals surface area contributed by atoms with Gasteiger partial charge in [0.25, 0.3) is 0 Å². The van der Waals surface area contributed by atoms with Crippen molar-refractivity contribution in [2.24, 2.45) is 5.92 Å². The van der Waals surface area contributed by atoms with Crippen LogP contribution in [0, 0.1) is 5.92 Å². The van der Waals surface area contributed by atoms with Crippen molar-refractivity contribution in [2.75, 3.05) is 18.9 Å². The molecule has 8 heteroatoms. The normalized spacial score (nSPS) is 26.2. The third-order valence-corrected chi connectivity index (χ3v) is 7.92. The molecule has 0 amide bonds. The molecule has 0 aromatic heterocycles. The molecule has 1 rings (SSSR count). The van der Waals surface area contributed by atoms with Crippen LogP contribution in [0.1, 0.15) is 13.3 Å². The lowest BCUT2D eigenvalue weighted by Gasteiger charge is -2.25. The average molecular weight is 364 g/mol. The molecular formula is C15H29NO5SSi. The first-order chi connectivity index (χ1) is 10.5. The van der Waals surface area contributed by atoms with Crippen LogP contribution in [-0.4, -0.2) is 62.9 Å². The first kappa shape index (κ1) is 20.3. The maximum Gasteiger partial charge on any atom is 0.327 e. The first-order valence-electron chi connectivity index (χ1n) is 7.98. The molecule has 1 fully saturated rings. The highest BCUT2D eigenvalue weighted by atomic mass is 32.2. The van der Waals surface area contributed by atoms with Crippen LogP contribution < -0.4 is 0 Å². The predicted molar refractivity (Wildman–Crippen MR) is 93.4 cm³/mol. The standard InChI is InChI=1S/C15H29NO5SSi/c1-6-8-12-11-16(13(14(12)17)15(18)21-7-2)22(19,20)9-10-23(3,4)5/h6,12-14,17H,1,7-11H2,2-5H3. The molecule has 23 heavy (non-hydrogen) atoms. The number of carbonyl (C=O) groups is 1. The lowest BCUT2D eigenvalue weighted by atomic mass is 9.98. The Bertz CT molecular complexity index is 528. The molecule has 0 aromatic rings. The maximum absolute atomic E-state index is 12.7. The molecule has 1 N–H and O–H groups in total. The molecule has 1 saturated heterocycles. The average Bonchev–Trinajstić information content (AvgIpc) is 2.75. The Labute approximate surface area is 140 Å². The van der Waals surface area contributed by atoms with Gasteiger partial charge in [-0.05, 0) is 19.4 Å². The fourth-order valence-electron chi connectivity index (χ4n) is 2.63. The summed E-state index contributed by atoms with van der Waals surface area (Å²) in [6.45, 7) is 11.9. The van der Waals surface area contributed by atoms with E-state index in [4.69, 9.17) is 4.74 Å². The van der Waals surface area contributed by atoms with Crippen molar-refractivity contribution >= 4 is 24.1 Å². The smallest absolute Gasteiger partial charge is 0.327 e. The largest absolute Gasteiger partial charge is 0.465 e. The zero-order valence-electron chi connectivity index (χ0n) is 14.5. The summed E-state index contributed by atoms with van der Waals surface area (Å²) in [5.41, 5.74) is 0. The van der Waals surface area contributed by atoms with Gasteiger partial charge in [0.1, 0.15) is 6.04 Å². The second-order valence-electron chi connectivity index (χ2n) is 7.17. The monoisotopic (exact) mass is 363 g/mol. The Kier molecular flexibility index (Phi) is 7.00. The fourth-order valence-corrected chi connectivity index (χ4v) is 7.32. The van der Waals surface area contributed by atoms with Crippen LogP contribution in [0.2, 0.25) is 25.7 Å². The van der Waals surface area contributed by atoms with E-state index in [9.17, 15) is 18.3 Å². The third-order valence-electron chi connectivity index (χ3n) is 4.00. The van der Waals surface area contributed by atoms with E-state index < -0.39 is 36.2 Å². The second-order valence-corrected chi connectivity index (χ2v) is 14.8. The van der Waals surface area contributed by atoms with E-state index in [-0.39, 0.29) is 24.8 Å². The van der Waals surface area contributed by atoms with Crippen LogP contribution in [0.25, 0.3) is 0 Å². The molecule has 134 valence electrons. The van der Waals surface area contributed by atoms with Crippen molar-refractivity contribution in [3.63, 3.8) is 0 Å². The quantitative estimate of drug-likeness (QED) is 0.401. The van der Waals surface area contributed by atoms with Crippen molar-refractivity contribution in [3.8, 4) is 0 Å². The fraction of sp³-hybridized carbons (Fsp3) is 0.800. The van der Waals surface area contributed by atoms with Crippen molar-refractivity contribution < 1.29 is 23.1 Å². The maximum atomic E-state index is 12.7. The molecule has 0 radical (unpaired) electrons. The number of carbonyl (C=O) groups excluding carboxylic acids is 1. The Morgan fingerprint density at radius 1 is 1.43 bits per heavy atom. The number of ether oxygens (including phenoxy) is 1. The number of hydrogen-bond acceptors (Lipinski definition) is 5. The van der Waals surface area contributed by atoms with Crippen LogP contribution in [0.15, 0.2) is 12.7 Å². The molecule has 1 aliphatic heterocycles. The van der Waals surface area contributed by atoms with Gasteiger partial charge >= 0.3 is 5.97 Å².